The van der Waals surface area contributed by atoms with Gasteiger partial charge < -0.3 is 73.2 Å². The smallest absolute Gasteiger partial charge is 0.507 e. The predicted molar refractivity (Wildman–Crippen MR) is 159 cm³/mol. The van der Waals surface area contributed by atoms with Gasteiger partial charge in [-0.05, 0) is 59.2 Å². The van der Waals surface area contributed by atoms with Crippen molar-refractivity contribution in [2.45, 2.75) is 94.8 Å². The van der Waals surface area contributed by atoms with Crippen molar-refractivity contribution in [3.63, 3.8) is 0 Å². The molecular formula is C26H57CoN8O6. The Morgan fingerprint density at radius 1 is 0.927 bits per heavy atom. The molecule has 14 nitrogen and oxygen atoms in total. The summed E-state index contributed by atoms with van der Waals surface area (Å²) in [5.41, 5.74) is 15.6. The van der Waals surface area contributed by atoms with E-state index in [1.807, 2.05) is 0 Å². The number of unbranched alkanes of at least 4 members (excludes halogenated alkanes) is 3. The Balaban J connectivity index is -0.000000594. The summed E-state index contributed by atoms with van der Waals surface area (Å²) >= 11 is 0. The number of guanidine groups is 1. The average molecular weight is 637 g/mol. The Kier molecular flexibility index (Phi) is 33.8. The van der Waals surface area contributed by atoms with Crippen LogP contribution in [0.1, 0.15) is 58.3 Å². The Labute approximate surface area is 257 Å². The number of nitrogens with two attached hydrogens (primary N) is 3. The minimum Gasteiger partial charge on any atom is -0.507 e. The zero-order valence-corrected chi connectivity index (χ0v) is 26.0. The molecule has 246 valence electrons. The fourth-order valence-corrected chi connectivity index (χ4v) is 3.37. The standard InChI is InChI=1S/C20H42N5O6.C5H12N3.CH3.Co/c1-13(26)17(28)18(29)16(27)12-24-11-7-5-8-14(22-2)20(31)25-15(19(30)23-3)9-4-6-10-21;1-2-3-4-8-5(6)7;;/h13-18,22,24,26-29H,3-12,21H2,1-2H3,(H,23,30)(H,25,31);1-4H2,(H4,6,7,8);1H3;/q3*-1;+3/t13?,14?,15?,16?,17-,18+;;;/m1.../s1. The summed E-state index contributed by atoms with van der Waals surface area (Å²) in [6, 6.07) is -1.11. The number of aliphatic imine (C=N–C) groups is 1. The van der Waals surface area contributed by atoms with Crippen LogP contribution >= 0.6 is 0 Å². The number of aliphatic hydroxyl groups is 4. The molecule has 0 fully saturated rings. The number of hydrogen-bond donors (Lipinski definition) is 11. The largest absolute Gasteiger partial charge is 3.00 e. The van der Waals surface area contributed by atoms with Crippen LogP contribution in [0.15, 0.2) is 4.99 Å². The molecule has 0 aromatic carbocycles. The van der Waals surface area contributed by atoms with E-state index in [0.717, 1.165) is 25.7 Å². The second kappa shape index (κ2) is 29.9. The molecule has 0 aromatic heterocycles. The molecule has 2 amide bonds. The number of carbonyl (C=O) groups excluding carboxylic acids is 2. The number of rotatable bonds is 21. The molecule has 0 radical (unpaired) electrons. The molecule has 6 atom stereocenters. The van der Waals surface area contributed by atoms with Crippen molar-refractivity contribution in [1.82, 2.24) is 21.3 Å². The molecule has 0 aliphatic rings. The van der Waals surface area contributed by atoms with E-state index in [1.165, 1.54) is 6.92 Å². The van der Waals surface area contributed by atoms with Gasteiger partial charge in [-0.2, -0.15) is 6.42 Å². The van der Waals surface area contributed by atoms with Gasteiger partial charge in [-0.1, -0.05) is 12.8 Å². The van der Waals surface area contributed by atoms with Crippen molar-refractivity contribution in [3.05, 3.63) is 21.4 Å². The maximum atomic E-state index is 12.5. The molecular weight excluding hydrogens is 579 g/mol. The van der Waals surface area contributed by atoms with Crippen LogP contribution in [0.25, 0.3) is 0 Å². The molecule has 0 spiro atoms. The van der Waals surface area contributed by atoms with Gasteiger partial charge in [-0.3, -0.25) is 21.6 Å². The van der Waals surface area contributed by atoms with Gasteiger partial charge in [-0.25, -0.2) is 0 Å². The van der Waals surface area contributed by atoms with Gasteiger partial charge in [0.25, 0.3) is 0 Å². The van der Waals surface area contributed by atoms with Crippen molar-refractivity contribution in [3.8, 4) is 0 Å². The van der Waals surface area contributed by atoms with E-state index in [4.69, 9.17) is 17.2 Å². The summed E-state index contributed by atoms with van der Waals surface area (Å²) in [6.07, 6.45) is 0.573. The zero-order chi connectivity index (χ0) is 30.2. The van der Waals surface area contributed by atoms with E-state index < -0.39 is 36.5 Å². The summed E-state index contributed by atoms with van der Waals surface area (Å²) < 4.78 is 0. The number of aliphatic hydroxyl groups excluding tert-OH is 4. The molecule has 14 N–H and O–H groups in total. The molecule has 0 aliphatic carbocycles. The number of carbonyl (C=O) groups is 2. The van der Waals surface area contributed by atoms with E-state index >= 15 is 0 Å². The Bertz CT molecular complexity index is 659. The molecule has 0 saturated carbocycles. The van der Waals surface area contributed by atoms with Crippen LogP contribution in [0.2, 0.25) is 0 Å². The Morgan fingerprint density at radius 2 is 1.51 bits per heavy atom. The Hall–Kier alpha value is -1.56. The average Bonchev–Trinajstić information content (AvgIpc) is 2.90. The van der Waals surface area contributed by atoms with E-state index in [0.29, 0.717) is 45.3 Å². The monoisotopic (exact) mass is 636 g/mol. The molecule has 0 aromatic rings. The minimum atomic E-state index is -1.45. The number of nitrogens with zero attached hydrogens (tertiary/aromatic N) is 1. The molecule has 15 heteroatoms. The van der Waals surface area contributed by atoms with Crippen LogP contribution in [0, 0.1) is 21.4 Å². The second-order valence-corrected chi connectivity index (χ2v) is 9.23. The maximum absolute atomic E-state index is 12.5. The van der Waals surface area contributed by atoms with Gasteiger partial charge in [-0.15, -0.1) is 0 Å². The first-order valence-electron chi connectivity index (χ1n) is 13.5. The topological polar surface area (TPSA) is 254 Å². The van der Waals surface area contributed by atoms with Crippen molar-refractivity contribution in [2.75, 3.05) is 33.2 Å². The van der Waals surface area contributed by atoms with Gasteiger partial charge in [0.15, 0.2) is 5.96 Å². The fourth-order valence-electron chi connectivity index (χ4n) is 3.37. The van der Waals surface area contributed by atoms with E-state index in [-0.39, 0.29) is 48.5 Å². The van der Waals surface area contributed by atoms with E-state index in [2.05, 4.69) is 40.2 Å². The van der Waals surface area contributed by atoms with Crippen LogP contribution in [0.5, 0.6) is 0 Å². The van der Waals surface area contributed by atoms with E-state index in [1.54, 1.807) is 7.05 Å². The van der Waals surface area contributed by atoms with E-state index in [9.17, 15) is 30.0 Å². The van der Waals surface area contributed by atoms with Crippen LogP contribution in [0.4, 0.5) is 0 Å². The van der Waals surface area contributed by atoms with Crippen molar-refractivity contribution in [1.29, 1.82) is 0 Å². The minimum absolute atomic E-state index is 0. The van der Waals surface area contributed by atoms with Gasteiger partial charge >= 0.3 is 16.8 Å². The molecule has 0 rings (SSSR count). The molecule has 0 heterocycles. The van der Waals surface area contributed by atoms with Crippen molar-refractivity contribution < 1.29 is 46.8 Å². The number of amides is 2. The summed E-state index contributed by atoms with van der Waals surface area (Å²) in [5, 5.41) is 49.4. The summed E-state index contributed by atoms with van der Waals surface area (Å²) in [5.74, 6) is -0.438. The number of nitrogens with one attached hydrogen (secondary N) is 4. The third-order valence-electron chi connectivity index (χ3n) is 5.81. The third kappa shape index (κ3) is 24.7. The Morgan fingerprint density at radius 3 is 2.00 bits per heavy atom. The first kappa shape index (κ1) is 46.4. The quantitative estimate of drug-likeness (QED) is 0.0275. The fraction of sp³-hybridized carbons (Fsp3) is 0.769. The first-order chi connectivity index (χ1) is 18.5. The van der Waals surface area contributed by atoms with Crippen LogP contribution in [0.3, 0.4) is 0 Å². The van der Waals surface area contributed by atoms with Crippen LogP contribution in [-0.2, 0) is 26.4 Å². The second-order valence-electron chi connectivity index (χ2n) is 9.23. The van der Waals surface area contributed by atoms with Crippen LogP contribution in [-0.4, -0.2) is 108 Å². The molecule has 4 unspecified atom stereocenters. The SMILES string of the molecule is [CH2-]CCCN=C(N)N.[CH2-]NC(=O)C(CCCCN)NC(=O)C(CCCCNCC(O)[C@H](O)[C@H](O)C(C)O)NC.[CH3-].[Co+3]. The van der Waals surface area contributed by atoms with Crippen LogP contribution < -0.4 is 38.5 Å². The van der Waals surface area contributed by atoms with Crippen molar-refractivity contribution in [2.24, 2.45) is 22.2 Å². The normalized spacial score (nSPS) is 14.8. The molecule has 0 bridgehead atoms. The summed E-state index contributed by atoms with van der Waals surface area (Å²) in [6.45, 7) is 6.79. The number of hydrogen-bond acceptors (Lipinski definition) is 10. The summed E-state index contributed by atoms with van der Waals surface area (Å²) in [7, 11) is 5.05. The maximum Gasteiger partial charge on any atom is 3.00 e. The number of likely N-dealkylation sites (N-methyl/N-ethyl adjacent to an activating group) is 1. The molecule has 0 saturated heterocycles. The van der Waals surface area contributed by atoms with Gasteiger partial charge in [0, 0.05) is 13.1 Å². The van der Waals surface area contributed by atoms with Gasteiger partial charge in [0.05, 0.1) is 18.2 Å². The van der Waals surface area contributed by atoms with Crippen molar-refractivity contribution >= 4 is 17.8 Å². The van der Waals surface area contributed by atoms with Gasteiger partial charge in [0.1, 0.15) is 18.2 Å². The summed E-state index contributed by atoms with van der Waals surface area (Å²) in [4.78, 5) is 28.2. The molecule has 0 aliphatic heterocycles. The predicted octanol–water partition coefficient (Wildman–Crippen LogP) is -2.36. The van der Waals surface area contributed by atoms with Gasteiger partial charge in [0.2, 0.25) is 11.8 Å². The zero-order valence-electron chi connectivity index (χ0n) is 25.0. The molecule has 41 heavy (non-hydrogen) atoms. The first-order valence-corrected chi connectivity index (χ1v) is 13.5. The third-order valence-corrected chi connectivity index (χ3v) is 5.81.